The van der Waals surface area contributed by atoms with Crippen molar-refractivity contribution in [3.63, 3.8) is 0 Å². The number of pyridine rings is 1. The van der Waals surface area contributed by atoms with E-state index in [0.29, 0.717) is 23.7 Å². The highest BCUT2D eigenvalue weighted by Gasteiger charge is 2.38. The SMILES string of the molecule is CCC(=O)Cn1cc(-c2nc([C@](C)(c3ccc(-c4cnc(N)nc4)nc3)C(C)C)no2)cn1. The predicted molar refractivity (Wildman–Crippen MR) is 122 cm³/mol. The van der Waals surface area contributed by atoms with Gasteiger partial charge in [0.05, 0.1) is 29.4 Å². The molecule has 0 fully saturated rings. The van der Waals surface area contributed by atoms with Crippen molar-refractivity contribution >= 4 is 11.7 Å². The van der Waals surface area contributed by atoms with Crippen molar-refractivity contribution in [1.29, 1.82) is 0 Å². The summed E-state index contributed by atoms with van der Waals surface area (Å²) in [6, 6.07) is 3.92. The lowest BCUT2D eigenvalue weighted by atomic mass is 9.73. The van der Waals surface area contributed by atoms with Gasteiger partial charge in [-0.3, -0.25) is 14.5 Å². The first-order valence-electron chi connectivity index (χ1n) is 10.7. The number of aromatic nitrogens is 7. The average Bonchev–Trinajstić information content (AvgIpc) is 3.49. The molecule has 1 atom stereocenters. The molecule has 0 aliphatic heterocycles. The molecule has 0 amide bonds. The Morgan fingerprint density at radius 3 is 2.52 bits per heavy atom. The third-order valence-electron chi connectivity index (χ3n) is 5.99. The Labute approximate surface area is 191 Å². The van der Waals surface area contributed by atoms with Gasteiger partial charge in [-0.15, -0.1) is 0 Å². The van der Waals surface area contributed by atoms with E-state index in [0.717, 1.165) is 16.8 Å². The van der Waals surface area contributed by atoms with Crippen molar-refractivity contribution in [2.24, 2.45) is 5.92 Å². The normalized spacial score (nSPS) is 13.2. The van der Waals surface area contributed by atoms with E-state index < -0.39 is 5.41 Å². The zero-order valence-corrected chi connectivity index (χ0v) is 19.1. The van der Waals surface area contributed by atoms with Gasteiger partial charge in [0.25, 0.3) is 5.89 Å². The second-order valence-corrected chi connectivity index (χ2v) is 8.36. The van der Waals surface area contributed by atoms with Gasteiger partial charge in [-0.1, -0.05) is 32.0 Å². The number of nitrogens with two attached hydrogens (primary N) is 1. The second kappa shape index (κ2) is 8.89. The molecule has 4 aromatic rings. The van der Waals surface area contributed by atoms with Crippen LogP contribution in [0.3, 0.4) is 0 Å². The predicted octanol–water partition coefficient (Wildman–Crippen LogP) is 3.31. The maximum absolute atomic E-state index is 11.7. The monoisotopic (exact) mass is 446 g/mol. The van der Waals surface area contributed by atoms with Crippen molar-refractivity contribution < 1.29 is 9.32 Å². The van der Waals surface area contributed by atoms with E-state index >= 15 is 0 Å². The molecule has 33 heavy (non-hydrogen) atoms. The molecular weight excluding hydrogens is 420 g/mol. The molecule has 0 aliphatic rings. The Morgan fingerprint density at radius 1 is 1.12 bits per heavy atom. The van der Waals surface area contributed by atoms with Crippen molar-refractivity contribution in [2.75, 3.05) is 5.73 Å². The first-order chi connectivity index (χ1) is 15.8. The van der Waals surface area contributed by atoms with Gasteiger partial charge in [-0.25, -0.2) is 9.97 Å². The Hall–Kier alpha value is -3.95. The number of hydrogen-bond acceptors (Lipinski definition) is 9. The van der Waals surface area contributed by atoms with Crippen LogP contribution in [0.2, 0.25) is 0 Å². The van der Waals surface area contributed by atoms with Crippen molar-refractivity contribution in [3.05, 3.63) is 54.5 Å². The molecule has 0 spiro atoms. The van der Waals surface area contributed by atoms with E-state index in [9.17, 15) is 4.79 Å². The van der Waals surface area contributed by atoms with Crippen LogP contribution in [0.1, 0.15) is 45.5 Å². The maximum Gasteiger partial charge on any atom is 0.261 e. The van der Waals surface area contributed by atoms with E-state index in [1.165, 1.54) is 0 Å². The summed E-state index contributed by atoms with van der Waals surface area (Å²) in [7, 11) is 0. The summed E-state index contributed by atoms with van der Waals surface area (Å²) in [6.45, 7) is 8.32. The largest absolute Gasteiger partial charge is 0.368 e. The summed E-state index contributed by atoms with van der Waals surface area (Å²) >= 11 is 0. The fraction of sp³-hybridized carbons (Fsp3) is 0.348. The minimum absolute atomic E-state index is 0.102. The smallest absolute Gasteiger partial charge is 0.261 e. The van der Waals surface area contributed by atoms with Crippen LogP contribution in [0.25, 0.3) is 22.7 Å². The highest BCUT2D eigenvalue weighted by Crippen LogP contribution is 2.38. The van der Waals surface area contributed by atoms with Crippen molar-refractivity contribution in [1.82, 2.24) is 34.9 Å². The van der Waals surface area contributed by atoms with E-state index in [2.05, 4.69) is 51.0 Å². The zero-order valence-electron chi connectivity index (χ0n) is 19.1. The van der Waals surface area contributed by atoms with Crippen LogP contribution < -0.4 is 5.73 Å². The number of nitrogens with zero attached hydrogens (tertiary/aromatic N) is 7. The minimum Gasteiger partial charge on any atom is -0.368 e. The minimum atomic E-state index is -0.543. The molecule has 4 heterocycles. The summed E-state index contributed by atoms with van der Waals surface area (Å²) in [5.41, 5.74) is 8.17. The molecule has 0 aromatic carbocycles. The molecular formula is C23H26N8O2. The number of carbonyl (C=O) groups excluding carboxylic acids is 1. The summed E-state index contributed by atoms with van der Waals surface area (Å²) < 4.78 is 7.15. The third kappa shape index (κ3) is 4.36. The first kappa shape index (κ1) is 22.3. The quantitative estimate of drug-likeness (QED) is 0.432. The van der Waals surface area contributed by atoms with Crippen LogP contribution in [0, 0.1) is 5.92 Å². The molecule has 170 valence electrons. The number of carbonyl (C=O) groups is 1. The number of Topliss-reactive ketones (excluding diaryl/α,β-unsaturated/α-hetero) is 1. The van der Waals surface area contributed by atoms with Crippen LogP contribution in [0.15, 0.2) is 47.6 Å². The molecule has 10 nitrogen and oxygen atoms in total. The number of hydrogen-bond donors (Lipinski definition) is 1. The van der Waals surface area contributed by atoms with Gasteiger partial charge < -0.3 is 10.3 Å². The van der Waals surface area contributed by atoms with Gasteiger partial charge >= 0.3 is 0 Å². The Bertz CT molecular complexity index is 1240. The standard InChI is InChI=1S/C23H26N8O2/c1-5-18(32)13-31-12-16(10-28-31)20-29-21(30-33-20)23(4,14(2)3)17-6-7-19(25-11-17)15-8-26-22(24)27-9-15/h6-12,14H,5,13H2,1-4H3,(H2,24,26,27)/t23-/m0/s1. The van der Waals surface area contributed by atoms with Gasteiger partial charge in [0.15, 0.2) is 11.6 Å². The fourth-order valence-corrected chi connectivity index (χ4v) is 3.47. The number of anilines is 1. The van der Waals surface area contributed by atoms with Gasteiger partial charge in [0.1, 0.15) is 0 Å². The van der Waals surface area contributed by atoms with E-state index in [4.69, 9.17) is 10.3 Å². The second-order valence-electron chi connectivity index (χ2n) is 8.36. The van der Waals surface area contributed by atoms with Crippen molar-refractivity contribution in [2.45, 2.75) is 46.1 Å². The van der Waals surface area contributed by atoms with Crippen molar-refractivity contribution in [3.8, 4) is 22.7 Å². The number of nitrogen functional groups attached to an aromatic ring is 1. The highest BCUT2D eigenvalue weighted by atomic mass is 16.5. The zero-order chi connectivity index (χ0) is 23.6. The highest BCUT2D eigenvalue weighted by molar-refractivity contribution is 5.77. The van der Waals surface area contributed by atoms with Crippen LogP contribution in [-0.4, -0.2) is 40.7 Å². The molecule has 4 aromatic heterocycles. The Balaban J connectivity index is 1.63. The number of ketones is 1. The molecule has 10 heteroatoms. The fourth-order valence-electron chi connectivity index (χ4n) is 3.47. The van der Waals surface area contributed by atoms with E-state index in [1.54, 1.807) is 29.5 Å². The summed E-state index contributed by atoms with van der Waals surface area (Å²) in [4.78, 5) is 29.0. The molecule has 4 rings (SSSR count). The van der Waals surface area contributed by atoms with E-state index in [-0.39, 0.29) is 24.2 Å². The van der Waals surface area contributed by atoms with Gasteiger partial charge in [0.2, 0.25) is 5.95 Å². The van der Waals surface area contributed by atoms with Crippen LogP contribution in [0.5, 0.6) is 0 Å². The third-order valence-corrected chi connectivity index (χ3v) is 5.99. The maximum atomic E-state index is 11.7. The number of rotatable bonds is 8. The lowest BCUT2D eigenvalue weighted by Crippen LogP contribution is -2.31. The van der Waals surface area contributed by atoms with Gasteiger partial charge in [-0.2, -0.15) is 10.1 Å². The Kier molecular flexibility index (Phi) is 5.99. The van der Waals surface area contributed by atoms with E-state index in [1.807, 2.05) is 25.3 Å². The van der Waals surface area contributed by atoms with Gasteiger partial charge in [0, 0.05) is 36.8 Å². The summed E-state index contributed by atoms with van der Waals surface area (Å²) in [5, 5.41) is 8.52. The molecule has 0 saturated heterocycles. The molecule has 0 radical (unpaired) electrons. The van der Waals surface area contributed by atoms with Crippen LogP contribution in [0.4, 0.5) is 5.95 Å². The average molecular weight is 447 g/mol. The van der Waals surface area contributed by atoms with Crippen LogP contribution >= 0.6 is 0 Å². The summed E-state index contributed by atoms with van der Waals surface area (Å²) in [5.74, 6) is 1.38. The Morgan fingerprint density at radius 2 is 1.88 bits per heavy atom. The molecule has 0 aliphatic carbocycles. The molecule has 0 unspecified atom stereocenters. The molecule has 0 saturated carbocycles. The van der Waals surface area contributed by atoms with Gasteiger partial charge in [-0.05, 0) is 24.5 Å². The first-order valence-corrected chi connectivity index (χ1v) is 10.7. The van der Waals surface area contributed by atoms with Crippen LogP contribution in [-0.2, 0) is 16.8 Å². The molecule has 0 bridgehead atoms. The lowest BCUT2D eigenvalue weighted by molar-refractivity contribution is -0.119. The molecule has 2 N–H and O–H groups in total. The topological polar surface area (TPSA) is 138 Å². The lowest BCUT2D eigenvalue weighted by Gasteiger charge is -2.30. The summed E-state index contributed by atoms with van der Waals surface area (Å²) in [6.07, 6.45) is 8.93.